The number of H-pyrrole nitrogens is 1. The normalized spacial score (nSPS) is 29.7. The van der Waals surface area contributed by atoms with Crippen LogP contribution in [0.3, 0.4) is 0 Å². The third-order valence-corrected chi connectivity index (χ3v) is 7.96. The second-order valence-electron chi connectivity index (χ2n) is 11.5. The number of nitrogens with zero attached hydrogens (tertiary/aromatic N) is 1. The summed E-state index contributed by atoms with van der Waals surface area (Å²) in [6.45, 7) is 6.33. The summed E-state index contributed by atoms with van der Waals surface area (Å²) in [6, 6.07) is 1.55. The van der Waals surface area contributed by atoms with Crippen molar-refractivity contribution in [3.8, 4) is 18.1 Å². The monoisotopic (exact) mass is 602 g/mol. The van der Waals surface area contributed by atoms with E-state index in [2.05, 4.69) is 10.9 Å². The van der Waals surface area contributed by atoms with Gasteiger partial charge in [-0.05, 0) is 34.7 Å². The van der Waals surface area contributed by atoms with Crippen molar-refractivity contribution in [2.75, 3.05) is 6.56 Å². The largest absolute Gasteiger partial charge is 0.530 e. The lowest BCUT2D eigenvalue weighted by molar-refractivity contribution is -0.205. The Kier molecular flexibility index (Phi) is 7.02. The summed E-state index contributed by atoms with van der Waals surface area (Å²) in [5, 5.41) is 21.2. The molecule has 1 fully saturated rings. The first-order valence-electron chi connectivity index (χ1n) is 13.1. The molecular weight excluding hydrogens is 569 g/mol. The summed E-state index contributed by atoms with van der Waals surface area (Å²) in [5.41, 5.74) is -1.69. The van der Waals surface area contributed by atoms with Crippen LogP contribution in [0.1, 0.15) is 72.8 Å². The number of aliphatic hydroxyl groups excluding tert-OH is 2. The highest BCUT2D eigenvalue weighted by atomic mass is 32.1. The number of terminal acetylenes is 1. The Bertz CT molecular complexity index is 1650. The lowest BCUT2D eigenvalue weighted by atomic mass is 9.78. The van der Waals surface area contributed by atoms with Crippen molar-refractivity contribution in [2.24, 2.45) is 0 Å². The molecule has 1 aromatic carbocycles. The van der Waals surface area contributed by atoms with Gasteiger partial charge in [0.15, 0.2) is 11.0 Å². The number of benzene rings is 1. The van der Waals surface area contributed by atoms with Gasteiger partial charge in [0.1, 0.15) is 35.9 Å². The Hall–Kier alpha value is -2.43. The van der Waals surface area contributed by atoms with Crippen molar-refractivity contribution in [3.63, 3.8) is 0 Å². The first-order valence-corrected chi connectivity index (χ1v) is 14.0. The second kappa shape index (κ2) is 10.1. The van der Waals surface area contributed by atoms with Gasteiger partial charge in [-0.1, -0.05) is 47.5 Å². The molecule has 2 aliphatic rings. The average Bonchev–Trinajstić information content (AvgIpc) is 3.07. The van der Waals surface area contributed by atoms with Gasteiger partial charge in [-0.2, -0.15) is 0 Å². The van der Waals surface area contributed by atoms with Gasteiger partial charge in [0.2, 0.25) is 0 Å². The molecule has 1 aromatic heterocycles. The van der Waals surface area contributed by atoms with Crippen molar-refractivity contribution >= 4 is 20.0 Å². The Labute approximate surface area is 237 Å². The quantitative estimate of drug-likeness (QED) is 0.267. The molecule has 0 aliphatic carbocycles. The summed E-state index contributed by atoms with van der Waals surface area (Å²) in [5.74, 6) is -2.72. The lowest BCUT2D eigenvalue weighted by Gasteiger charge is -2.34. The molecule has 2 aliphatic heterocycles. The SMILES string of the molecule is [2H]C([2H])(OP1(=O)OCc2c(F)c(C(C)(C)C)cc(C(C)(C)C)c2O1)[C@@]1(F)O[C@@H](n2cc(C#C)c(=O)[nH]c2=S)[C@H](O)[C@@H]1O. The van der Waals surface area contributed by atoms with Gasteiger partial charge in [0.25, 0.3) is 11.4 Å². The van der Waals surface area contributed by atoms with Crippen molar-refractivity contribution in [1.29, 1.82) is 0 Å². The van der Waals surface area contributed by atoms with Crippen LogP contribution < -0.4 is 10.1 Å². The fourth-order valence-corrected chi connectivity index (χ4v) is 5.60. The molecule has 1 saturated heterocycles. The predicted octanol–water partition coefficient (Wildman–Crippen LogP) is 4.27. The predicted molar refractivity (Wildman–Crippen MR) is 143 cm³/mol. The summed E-state index contributed by atoms with van der Waals surface area (Å²) in [7, 11) is -5.06. The Balaban J connectivity index is 1.71. The Morgan fingerprint density at radius 3 is 2.52 bits per heavy atom. The van der Waals surface area contributed by atoms with Gasteiger partial charge >= 0.3 is 7.82 Å². The Morgan fingerprint density at radius 2 is 1.95 bits per heavy atom. The van der Waals surface area contributed by atoms with Crippen molar-refractivity contribution in [3.05, 3.63) is 55.5 Å². The van der Waals surface area contributed by atoms with Crippen molar-refractivity contribution < 1.29 is 44.6 Å². The zero-order valence-corrected chi connectivity index (χ0v) is 24.3. The molecule has 1 unspecified atom stereocenters. The lowest BCUT2D eigenvalue weighted by Crippen LogP contribution is -2.43. The summed E-state index contributed by atoms with van der Waals surface area (Å²) in [6.07, 6.45) is -0.500. The van der Waals surface area contributed by atoms with Gasteiger partial charge in [0.05, 0.1) is 14.9 Å². The topological polar surface area (TPSA) is 132 Å². The minimum Gasteiger partial charge on any atom is -0.403 e. The summed E-state index contributed by atoms with van der Waals surface area (Å²) < 4.78 is 83.1. The fourth-order valence-electron chi connectivity index (χ4n) is 4.25. The zero-order valence-electron chi connectivity index (χ0n) is 24.6. The van der Waals surface area contributed by atoms with Gasteiger partial charge in [-0.25, -0.2) is 13.3 Å². The van der Waals surface area contributed by atoms with Crippen LogP contribution >= 0.6 is 20.0 Å². The van der Waals surface area contributed by atoms with Crippen LogP contribution in [-0.4, -0.2) is 44.4 Å². The number of aliphatic hydroxyl groups is 2. The van der Waals surface area contributed by atoms with E-state index in [4.69, 9.17) is 39.7 Å². The van der Waals surface area contributed by atoms with E-state index in [1.807, 2.05) is 0 Å². The van der Waals surface area contributed by atoms with Crippen LogP contribution in [0.25, 0.3) is 0 Å². The fraction of sp³-hybridized carbons (Fsp3) is 0.538. The summed E-state index contributed by atoms with van der Waals surface area (Å²) >= 11 is 5.02. The molecule has 2 aromatic rings. The number of ether oxygens (including phenoxy) is 1. The van der Waals surface area contributed by atoms with E-state index in [0.717, 1.165) is 10.8 Å². The van der Waals surface area contributed by atoms with Crippen LogP contribution in [0.2, 0.25) is 0 Å². The molecular formula is C26H31F2N2O8PS. The van der Waals surface area contributed by atoms with E-state index in [1.165, 1.54) is 0 Å². The number of rotatable bonds is 4. The van der Waals surface area contributed by atoms with Crippen LogP contribution in [0.15, 0.2) is 17.1 Å². The molecule has 3 heterocycles. The van der Waals surface area contributed by atoms with Crippen LogP contribution in [0.5, 0.6) is 5.75 Å². The van der Waals surface area contributed by atoms with E-state index in [9.17, 15) is 19.6 Å². The molecule has 0 bridgehead atoms. The number of phosphoric ester groups is 1. The van der Waals surface area contributed by atoms with Crippen LogP contribution in [-0.2, 0) is 35.8 Å². The third-order valence-electron chi connectivity index (χ3n) is 6.48. The minimum atomic E-state index is -5.06. The number of aromatic nitrogens is 2. The van der Waals surface area contributed by atoms with E-state index in [0.29, 0.717) is 11.1 Å². The minimum absolute atomic E-state index is 0.0812. The standard InChI is InChI=1S/C26H31F2N2O8PS/c1-8-13-10-30(23(40)29-21(13)33)22-18(31)20(32)26(28,37-22)12-36-39(34)35-11-14-17(27)15(24(2,3)4)9-16(19(14)38-39)25(5,6)7/h1,9-10,18,20,22,31-32H,11-12H2,2-7H3,(H,29,33,40)/t18-,20+,22-,26-,39?/m1/s1/i12D2. The number of alkyl halides is 1. The summed E-state index contributed by atoms with van der Waals surface area (Å²) in [4.78, 5) is 14.1. The number of fused-ring (bicyclic) bond motifs is 1. The maximum absolute atomic E-state index is 16.2. The molecule has 10 nitrogen and oxygen atoms in total. The molecule has 3 N–H and O–H groups in total. The molecule has 0 spiro atoms. The second-order valence-corrected chi connectivity index (χ2v) is 13.4. The number of hydrogen-bond donors (Lipinski definition) is 3. The first kappa shape index (κ1) is 27.7. The highest BCUT2D eigenvalue weighted by Crippen LogP contribution is 2.58. The van der Waals surface area contributed by atoms with Gasteiger partial charge in [-0.15, -0.1) is 6.42 Å². The Morgan fingerprint density at radius 1 is 1.32 bits per heavy atom. The zero-order chi connectivity index (χ0) is 31.8. The number of halogens is 2. The maximum Gasteiger partial charge on any atom is 0.530 e. The molecule has 40 heavy (non-hydrogen) atoms. The van der Waals surface area contributed by atoms with Crippen LogP contribution in [0.4, 0.5) is 8.78 Å². The number of hydrogen-bond acceptors (Lipinski definition) is 9. The number of aromatic amines is 1. The van der Waals surface area contributed by atoms with E-state index < -0.39 is 72.3 Å². The first-order chi connectivity index (χ1) is 19.1. The smallest absolute Gasteiger partial charge is 0.403 e. The van der Waals surface area contributed by atoms with Gasteiger partial charge in [-0.3, -0.25) is 23.4 Å². The molecule has 0 saturated carbocycles. The van der Waals surface area contributed by atoms with Crippen molar-refractivity contribution in [2.45, 2.75) is 83.3 Å². The highest BCUT2D eigenvalue weighted by molar-refractivity contribution is 7.71. The molecule has 5 atom stereocenters. The molecule has 218 valence electrons. The van der Waals surface area contributed by atoms with Crippen molar-refractivity contribution in [1.82, 2.24) is 9.55 Å². The maximum atomic E-state index is 16.2. The molecule has 14 heteroatoms. The molecule has 0 radical (unpaired) electrons. The number of nitrogens with one attached hydrogen (secondary N) is 1. The van der Waals surface area contributed by atoms with E-state index >= 15 is 8.78 Å². The molecule has 4 rings (SSSR count). The molecule has 0 amide bonds. The van der Waals surface area contributed by atoms with Gasteiger partial charge in [0, 0.05) is 11.8 Å². The van der Waals surface area contributed by atoms with Crippen LogP contribution in [0, 0.1) is 22.9 Å². The van der Waals surface area contributed by atoms with E-state index in [-0.39, 0.29) is 16.9 Å². The number of phosphoric acid groups is 1. The van der Waals surface area contributed by atoms with E-state index in [1.54, 1.807) is 47.6 Å². The average molecular weight is 603 g/mol. The highest BCUT2D eigenvalue weighted by Gasteiger charge is 2.57. The van der Waals surface area contributed by atoms with Gasteiger partial charge < -0.3 is 19.5 Å². The third kappa shape index (κ3) is 5.42.